The van der Waals surface area contributed by atoms with Crippen molar-refractivity contribution in [1.82, 2.24) is 10.6 Å². The van der Waals surface area contributed by atoms with Gasteiger partial charge in [-0.15, -0.1) is 0 Å². The second kappa shape index (κ2) is 8.00. The van der Waals surface area contributed by atoms with Gasteiger partial charge in [0.05, 0.1) is 0 Å². The number of hydrogen-bond donors (Lipinski definition) is 3. The first-order chi connectivity index (χ1) is 12.0. The van der Waals surface area contributed by atoms with Crippen molar-refractivity contribution >= 4 is 17.5 Å². The molecule has 3 N–H and O–H groups in total. The van der Waals surface area contributed by atoms with E-state index in [4.69, 9.17) is 0 Å². The summed E-state index contributed by atoms with van der Waals surface area (Å²) in [5.41, 5.74) is 2.37. The van der Waals surface area contributed by atoms with Gasteiger partial charge in [0.1, 0.15) is 0 Å². The summed E-state index contributed by atoms with van der Waals surface area (Å²) in [6, 6.07) is 5.81. The van der Waals surface area contributed by atoms with E-state index in [2.05, 4.69) is 16.0 Å². The van der Waals surface area contributed by atoms with Crippen LogP contribution in [0.4, 0.5) is 5.69 Å². The average molecular weight is 343 g/mol. The topological polar surface area (TPSA) is 70.2 Å². The minimum absolute atomic E-state index is 0.00470. The number of anilines is 1. The van der Waals surface area contributed by atoms with Crippen molar-refractivity contribution in [2.24, 2.45) is 11.8 Å². The van der Waals surface area contributed by atoms with Crippen molar-refractivity contribution in [2.45, 2.75) is 52.0 Å². The van der Waals surface area contributed by atoms with Crippen LogP contribution in [0.15, 0.2) is 18.2 Å². The molecule has 2 fully saturated rings. The van der Waals surface area contributed by atoms with Gasteiger partial charge in [-0.1, -0.05) is 26.2 Å². The lowest BCUT2D eigenvalue weighted by molar-refractivity contribution is -0.121. The van der Waals surface area contributed by atoms with Gasteiger partial charge in [-0.05, 0) is 62.5 Å². The molecule has 5 heteroatoms. The van der Waals surface area contributed by atoms with E-state index in [-0.39, 0.29) is 17.7 Å². The normalized spacial score (nSPS) is 19.8. The van der Waals surface area contributed by atoms with Crippen LogP contribution in [0.5, 0.6) is 0 Å². The van der Waals surface area contributed by atoms with Crippen molar-refractivity contribution in [2.75, 3.05) is 18.4 Å². The van der Waals surface area contributed by atoms with Crippen LogP contribution in [0, 0.1) is 18.8 Å². The van der Waals surface area contributed by atoms with E-state index in [1.807, 2.05) is 26.0 Å². The Morgan fingerprint density at radius 2 is 1.88 bits per heavy atom. The van der Waals surface area contributed by atoms with E-state index in [9.17, 15) is 9.59 Å². The molecular weight excluding hydrogens is 314 g/mol. The second-order valence-corrected chi connectivity index (χ2v) is 7.53. The molecule has 1 saturated heterocycles. The van der Waals surface area contributed by atoms with Gasteiger partial charge in [0, 0.05) is 23.2 Å². The van der Waals surface area contributed by atoms with Crippen molar-refractivity contribution in [3.63, 3.8) is 0 Å². The molecule has 136 valence electrons. The smallest absolute Gasteiger partial charge is 0.251 e. The van der Waals surface area contributed by atoms with Crippen LogP contribution in [-0.2, 0) is 4.79 Å². The summed E-state index contributed by atoms with van der Waals surface area (Å²) in [6.07, 6.45) is 5.82. The number of amides is 2. The minimum Gasteiger partial charge on any atom is -0.349 e. The third-order valence-electron chi connectivity index (χ3n) is 5.62. The monoisotopic (exact) mass is 343 g/mol. The van der Waals surface area contributed by atoms with Crippen molar-refractivity contribution in [3.05, 3.63) is 29.3 Å². The van der Waals surface area contributed by atoms with Crippen LogP contribution in [0.1, 0.15) is 54.9 Å². The van der Waals surface area contributed by atoms with Crippen LogP contribution >= 0.6 is 0 Å². The summed E-state index contributed by atoms with van der Waals surface area (Å²) < 4.78 is 0. The summed E-state index contributed by atoms with van der Waals surface area (Å²) in [5.74, 6) is 0.451. The number of aryl methyl sites for hydroxylation is 1. The maximum absolute atomic E-state index is 12.4. The van der Waals surface area contributed by atoms with Gasteiger partial charge in [-0.2, -0.15) is 0 Å². The van der Waals surface area contributed by atoms with Crippen molar-refractivity contribution in [1.29, 1.82) is 0 Å². The molecule has 2 amide bonds. The van der Waals surface area contributed by atoms with Crippen LogP contribution in [0.3, 0.4) is 0 Å². The predicted octanol–water partition coefficient (Wildman–Crippen LogP) is 2.85. The molecule has 1 atom stereocenters. The molecule has 3 rings (SSSR count). The molecule has 1 heterocycles. The Morgan fingerprint density at radius 3 is 2.48 bits per heavy atom. The molecule has 1 aliphatic heterocycles. The van der Waals surface area contributed by atoms with E-state index < -0.39 is 0 Å². The van der Waals surface area contributed by atoms with E-state index in [0.29, 0.717) is 17.5 Å². The fourth-order valence-electron chi connectivity index (χ4n) is 3.59. The van der Waals surface area contributed by atoms with E-state index in [1.54, 1.807) is 6.07 Å². The SMILES string of the molecule is Cc1cc(C(=O)NC2CCCCC2)ccc1NC(=O)C(C)C1CNC1. The van der Waals surface area contributed by atoms with Crippen molar-refractivity contribution < 1.29 is 9.59 Å². The van der Waals surface area contributed by atoms with E-state index in [0.717, 1.165) is 37.2 Å². The van der Waals surface area contributed by atoms with Crippen molar-refractivity contribution in [3.8, 4) is 0 Å². The number of carbonyl (C=O) groups excluding carboxylic acids is 2. The van der Waals surface area contributed by atoms with Gasteiger partial charge in [0.25, 0.3) is 5.91 Å². The maximum Gasteiger partial charge on any atom is 0.251 e. The predicted molar refractivity (Wildman–Crippen MR) is 99.7 cm³/mol. The minimum atomic E-state index is -0.0122. The first kappa shape index (κ1) is 17.9. The summed E-state index contributed by atoms with van der Waals surface area (Å²) >= 11 is 0. The lowest BCUT2D eigenvalue weighted by Crippen LogP contribution is -2.48. The van der Waals surface area contributed by atoms with Crippen LogP contribution in [0.2, 0.25) is 0 Å². The van der Waals surface area contributed by atoms with Gasteiger partial charge >= 0.3 is 0 Å². The Labute approximate surface area is 150 Å². The second-order valence-electron chi connectivity index (χ2n) is 7.53. The molecule has 0 radical (unpaired) electrons. The summed E-state index contributed by atoms with van der Waals surface area (Å²) in [7, 11) is 0. The molecule has 0 aromatic heterocycles. The molecule has 1 aromatic carbocycles. The fraction of sp³-hybridized carbons (Fsp3) is 0.600. The van der Waals surface area contributed by atoms with Gasteiger partial charge in [-0.25, -0.2) is 0 Å². The van der Waals surface area contributed by atoms with Gasteiger partial charge < -0.3 is 16.0 Å². The number of rotatable bonds is 5. The highest BCUT2D eigenvalue weighted by Gasteiger charge is 2.29. The highest BCUT2D eigenvalue weighted by atomic mass is 16.2. The Kier molecular flexibility index (Phi) is 5.74. The number of benzene rings is 1. The Hall–Kier alpha value is -1.88. The lowest BCUT2D eigenvalue weighted by atomic mass is 9.88. The van der Waals surface area contributed by atoms with Crippen LogP contribution in [0.25, 0.3) is 0 Å². The zero-order valence-electron chi connectivity index (χ0n) is 15.2. The highest BCUT2D eigenvalue weighted by molar-refractivity contribution is 5.97. The highest BCUT2D eigenvalue weighted by Crippen LogP contribution is 2.22. The number of hydrogen-bond acceptors (Lipinski definition) is 3. The van der Waals surface area contributed by atoms with Gasteiger partial charge in [-0.3, -0.25) is 9.59 Å². The zero-order valence-corrected chi connectivity index (χ0v) is 15.2. The average Bonchev–Trinajstić information content (AvgIpc) is 2.55. The third kappa shape index (κ3) is 4.40. The molecule has 1 aromatic rings. The summed E-state index contributed by atoms with van der Waals surface area (Å²) in [6.45, 7) is 5.73. The van der Waals surface area contributed by atoms with Crippen LogP contribution < -0.4 is 16.0 Å². The van der Waals surface area contributed by atoms with Gasteiger partial charge in [0.15, 0.2) is 0 Å². The standard InChI is InChI=1S/C20H29N3O2/c1-13-10-15(20(25)22-17-6-4-3-5-7-17)8-9-18(13)23-19(24)14(2)16-11-21-12-16/h8-10,14,16-17,21H,3-7,11-12H2,1-2H3,(H,22,25)(H,23,24). The maximum atomic E-state index is 12.4. The van der Waals surface area contributed by atoms with Gasteiger partial charge in [0.2, 0.25) is 5.91 Å². The largest absolute Gasteiger partial charge is 0.349 e. The molecule has 1 saturated carbocycles. The fourth-order valence-corrected chi connectivity index (χ4v) is 3.59. The number of nitrogens with one attached hydrogen (secondary N) is 3. The molecule has 0 spiro atoms. The summed E-state index contributed by atoms with van der Waals surface area (Å²) in [5, 5.41) is 9.35. The number of carbonyl (C=O) groups is 2. The first-order valence-electron chi connectivity index (χ1n) is 9.47. The molecular formula is C20H29N3O2. The van der Waals surface area contributed by atoms with Crippen LogP contribution in [-0.4, -0.2) is 30.9 Å². The third-order valence-corrected chi connectivity index (χ3v) is 5.62. The molecule has 1 unspecified atom stereocenters. The van der Waals surface area contributed by atoms with E-state index >= 15 is 0 Å². The molecule has 2 aliphatic rings. The molecule has 5 nitrogen and oxygen atoms in total. The Morgan fingerprint density at radius 1 is 1.16 bits per heavy atom. The lowest BCUT2D eigenvalue weighted by Gasteiger charge is -2.31. The molecule has 1 aliphatic carbocycles. The zero-order chi connectivity index (χ0) is 17.8. The Balaban J connectivity index is 1.59. The molecule has 0 bridgehead atoms. The molecule has 25 heavy (non-hydrogen) atoms. The summed E-state index contributed by atoms with van der Waals surface area (Å²) in [4.78, 5) is 24.8. The van der Waals surface area contributed by atoms with E-state index in [1.165, 1.54) is 19.3 Å². The Bertz CT molecular complexity index is 634. The quantitative estimate of drug-likeness (QED) is 0.770. The first-order valence-corrected chi connectivity index (χ1v) is 9.47.